The molecule has 4 aromatic rings. The number of ether oxygens (including phenoxy) is 1. The number of hydrogen-bond acceptors (Lipinski definition) is 4. The number of imidazole rings is 2. The lowest BCUT2D eigenvalue weighted by Gasteiger charge is -2.10. The fourth-order valence-corrected chi connectivity index (χ4v) is 3.97. The second kappa shape index (κ2) is 6.91. The summed E-state index contributed by atoms with van der Waals surface area (Å²) in [6.07, 6.45) is 6.57. The van der Waals surface area contributed by atoms with E-state index in [2.05, 4.69) is 15.6 Å². The van der Waals surface area contributed by atoms with E-state index in [0.29, 0.717) is 19.2 Å². The molecule has 0 atom stereocenters. The zero-order valence-electron chi connectivity index (χ0n) is 15.9. The topological polar surface area (TPSA) is 66.9 Å². The van der Waals surface area contributed by atoms with Gasteiger partial charge in [0.25, 0.3) is 0 Å². The van der Waals surface area contributed by atoms with Gasteiger partial charge in [0.15, 0.2) is 0 Å². The second-order valence-electron chi connectivity index (χ2n) is 7.35. The van der Waals surface area contributed by atoms with Crippen LogP contribution in [0.5, 0.6) is 0 Å². The first kappa shape index (κ1) is 17.2. The maximum absolute atomic E-state index is 13.2. The van der Waals surface area contributed by atoms with Gasteiger partial charge in [0.2, 0.25) is 0 Å². The lowest BCUT2D eigenvalue weighted by molar-refractivity contribution is 0.190. The van der Waals surface area contributed by atoms with E-state index in [1.54, 1.807) is 19.5 Å². The summed E-state index contributed by atoms with van der Waals surface area (Å²) in [5.74, 6) is 0.887. The third-order valence-electron chi connectivity index (χ3n) is 5.44. The summed E-state index contributed by atoms with van der Waals surface area (Å²) >= 11 is 0. The molecule has 0 spiro atoms. The molecule has 1 aliphatic carbocycles. The summed E-state index contributed by atoms with van der Waals surface area (Å²) in [6, 6.07) is 10.4. The molecule has 1 aromatic carbocycles. The SMILES string of the molecule is COCCCn1c(Cn2c(=O)n(C3CC3)c3ccncc32)nc2ccccc21. The number of fused-ring (bicyclic) bond motifs is 2. The Morgan fingerprint density at radius 2 is 1.96 bits per heavy atom. The Morgan fingerprint density at radius 1 is 1.11 bits per heavy atom. The molecule has 144 valence electrons. The molecule has 0 bridgehead atoms. The Bertz CT molecular complexity index is 1200. The van der Waals surface area contributed by atoms with E-state index in [0.717, 1.165) is 53.7 Å². The Balaban J connectivity index is 1.62. The van der Waals surface area contributed by atoms with Crippen molar-refractivity contribution in [2.45, 2.75) is 38.4 Å². The molecule has 7 nitrogen and oxygen atoms in total. The lowest BCUT2D eigenvalue weighted by Crippen LogP contribution is -2.25. The number of methoxy groups -OCH3 is 1. The van der Waals surface area contributed by atoms with E-state index in [1.807, 2.05) is 33.4 Å². The summed E-state index contributed by atoms with van der Waals surface area (Å²) in [5, 5.41) is 0. The van der Waals surface area contributed by atoms with Gasteiger partial charge < -0.3 is 9.30 Å². The van der Waals surface area contributed by atoms with Crippen LogP contribution >= 0.6 is 0 Å². The molecular formula is C21H23N5O2. The third kappa shape index (κ3) is 2.82. The molecule has 7 heteroatoms. The quantitative estimate of drug-likeness (QED) is 0.465. The van der Waals surface area contributed by atoms with Gasteiger partial charge in [0, 0.05) is 32.5 Å². The molecule has 1 aliphatic rings. The van der Waals surface area contributed by atoms with E-state index in [9.17, 15) is 4.79 Å². The van der Waals surface area contributed by atoms with Gasteiger partial charge in [-0.1, -0.05) is 12.1 Å². The minimum absolute atomic E-state index is 0.0287. The number of benzene rings is 1. The summed E-state index contributed by atoms with van der Waals surface area (Å²) in [5.41, 5.74) is 3.90. The number of para-hydroxylation sites is 2. The predicted molar refractivity (Wildman–Crippen MR) is 108 cm³/mol. The van der Waals surface area contributed by atoms with Gasteiger partial charge in [-0.2, -0.15) is 0 Å². The van der Waals surface area contributed by atoms with Crippen LogP contribution in [0, 0.1) is 0 Å². The molecule has 3 heterocycles. The van der Waals surface area contributed by atoms with Crippen molar-refractivity contribution >= 4 is 22.1 Å². The molecule has 0 amide bonds. The standard InChI is InChI=1S/C21H23N5O2/c1-28-12-4-11-24-17-6-3-2-5-16(17)23-20(24)14-25-19-13-22-10-9-18(19)26(21(25)27)15-7-8-15/h2-3,5-6,9-10,13,15H,4,7-8,11-12,14H2,1H3. The highest BCUT2D eigenvalue weighted by Crippen LogP contribution is 2.36. The van der Waals surface area contributed by atoms with E-state index in [1.165, 1.54) is 0 Å². The highest BCUT2D eigenvalue weighted by atomic mass is 16.5. The Morgan fingerprint density at radius 3 is 2.79 bits per heavy atom. The van der Waals surface area contributed by atoms with Gasteiger partial charge >= 0.3 is 5.69 Å². The van der Waals surface area contributed by atoms with Crippen molar-refractivity contribution in [2.24, 2.45) is 0 Å². The average molecular weight is 377 g/mol. The van der Waals surface area contributed by atoms with Gasteiger partial charge in [0.05, 0.1) is 34.8 Å². The van der Waals surface area contributed by atoms with Gasteiger partial charge in [0.1, 0.15) is 5.82 Å². The first-order valence-electron chi connectivity index (χ1n) is 9.76. The van der Waals surface area contributed by atoms with Crippen LogP contribution in [0.2, 0.25) is 0 Å². The van der Waals surface area contributed by atoms with E-state index in [-0.39, 0.29) is 5.69 Å². The fourth-order valence-electron chi connectivity index (χ4n) is 3.97. The van der Waals surface area contributed by atoms with Gasteiger partial charge in [-0.3, -0.25) is 14.1 Å². The van der Waals surface area contributed by atoms with Gasteiger partial charge in [-0.25, -0.2) is 9.78 Å². The second-order valence-corrected chi connectivity index (χ2v) is 7.35. The van der Waals surface area contributed by atoms with Crippen LogP contribution in [-0.2, 0) is 17.8 Å². The summed E-state index contributed by atoms with van der Waals surface area (Å²) in [6.45, 7) is 1.93. The molecule has 3 aromatic heterocycles. The number of rotatable bonds is 7. The van der Waals surface area contributed by atoms with Crippen molar-refractivity contribution in [3.8, 4) is 0 Å². The number of hydrogen-bond donors (Lipinski definition) is 0. The van der Waals surface area contributed by atoms with E-state index >= 15 is 0 Å². The number of aryl methyl sites for hydroxylation is 1. The molecular weight excluding hydrogens is 354 g/mol. The van der Waals surface area contributed by atoms with Crippen molar-refractivity contribution in [3.05, 3.63) is 59.0 Å². The Labute approximate surface area is 162 Å². The molecule has 0 unspecified atom stereocenters. The Kier molecular flexibility index (Phi) is 4.24. The summed E-state index contributed by atoms with van der Waals surface area (Å²) in [7, 11) is 1.71. The molecule has 1 fully saturated rings. The molecule has 0 aliphatic heterocycles. The molecule has 0 radical (unpaired) electrons. The molecule has 0 N–H and O–H groups in total. The predicted octanol–water partition coefficient (Wildman–Crippen LogP) is 2.97. The normalized spacial score (nSPS) is 14.3. The number of pyridine rings is 1. The summed E-state index contributed by atoms with van der Waals surface area (Å²) in [4.78, 5) is 22.3. The van der Waals surface area contributed by atoms with Crippen LogP contribution in [0.1, 0.15) is 31.1 Å². The zero-order chi connectivity index (χ0) is 19.1. The van der Waals surface area contributed by atoms with Crippen molar-refractivity contribution < 1.29 is 4.74 Å². The maximum Gasteiger partial charge on any atom is 0.329 e. The first-order valence-corrected chi connectivity index (χ1v) is 9.76. The van der Waals surface area contributed by atoms with Crippen LogP contribution in [0.15, 0.2) is 47.5 Å². The largest absolute Gasteiger partial charge is 0.385 e. The molecule has 0 saturated heterocycles. The van der Waals surface area contributed by atoms with Gasteiger partial charge in [-0.05, 0) is 37.5 Å². The van der Waals surface area contributed by atoms with Crippen LogP contribution in [0.25, 0.3) is 22.1 Å². The van der Waals surface area contributed by atoms with E-state index < -0.39 is 0 Å². The average Bonchev–Trinajstić information content (AvgIpc) is 3.43. The highest BCUT2D eigenvalue weighted by molar-refractivity contribution is 5.77. The van der Waals surface area contributed by atoms with Crippen LogP contribution in [0.3, 0.4) is 0 Å². The zero-order valence-corrected chi connectivity index (χ0v) is 15.9. The Hall–Kier alpha value is -2.93. The van der Waals surface area contributed by atoms with E-state index in [4.69, 9.17) is 9.72 Å². The smallest absolute Gasteiger partial charge is 0.329 e. The molecule has 1 saturated carbocycles. The van der Waals surface area contributed by atoms with Gasteiger partial charge in [-0.15, -0.1) is 0 Å². The first-order chi connectivity index (χ1) is 13.8. The maximum atomic E-state index is 13.2. The van der Waals surface area contributed by atoms with Crippen molar-refractivity contribution in [1.82, 2.24) is 23.7 Å². The minimum Gasteiger partial charge on any atom is -0.385 e. The number of nitrogens with zero attached hydrogens (tertiary/aromatic N) is 5. The van der Waals surface area contributed by atoms with Crippen molar-refractivity contribution in [2.75, 3.05) is 13.7 Å². The van der Waals surface area contributed by atoms with Crippen molar-refractivity contribution in [3.63, 3.8) is 0 Å². The fraction of sp³-hybridized carbons (Fsp3) is 0.381. The third-order valence-corrected chi connectivity index (χ3v) is 5.44. The lowest BCUT2D eigenvalue weighted by atomic mass is 10.3. The van der Waals surface area contributed by atoms with Crippen LogP contribution in [-0.4, -0.2) is 37.4 Å². The number of aromatic nitrogens is 5. The molecule has 28 heavy (non-hydrogen) atoms. The summed E-state index contributed by atoms with van der Waals surface area (Å²) < 4.78 is 11.2. The van der Waals surface area contributed by atoms with Crippen molar-refractivity contribution in [1.29, 1.82) is 0 Å². The monoisotopic (exact) mass is 377 g/mol. The van der Waals surface area contributed by atoms with Crippen LogP contribution < -0.4 is 5.69 Å². The minimum atomic E-state index is 0.0287. The van der Waals surface area contributed by atoms with Crippen LogP contribution in [0.4, 0.5) is 0 Å². The highest BCUT2D eigenvalue weighted by Gasteiger charge is 2.29. The molecule has 5 rings (SSSR count).